The molecule has 1 unspecified atom stereocenters. The Balaban J connectivity index is 2.61. The van der Waals surface area contributed by atoms with Crippen molar-refractivity contribution in [1.29, 1.82) is 0 Å². The van der Waals surface area contributed by atoms with Gasteiger partial charge in [-0.05, 0) is 24.6 Å². The minimum absolute atomic E-state index is 0.0320. The molecule has 0 aliphatic heterocycles. The Labute approximate surface area is 113 Å². The fourth-order valence-electron chi connectivity index (χ4n) is 1.62. The van der Waals surface area contributed by atoms with Crippen molar-refractivity contribution < 1.29 is 13.2 Å². The first-order valence-corrected chi connectivity index (χ1v) is 7.61. The zero-order chi connectivity index (χ0) is 14.5. The van der Waals surface area contributed by atoms with Crippen LogP contribution >= 0.6 is 0 Å². The number of nitrogens with two attached hydrogens (primary N) is 1. The van der Waals surface area contributed by atoms with Crippen molar-refractivity contribution in [2.45, 2.75) is 19.9 Å². The van der Waals surface area contributed by atoms with Crippen molar-refractivity contribution in [3.63, 3.8) is 0 Å². The van der Waals surface area contributed by atoms with Gasteiger partial charge in [-0.2, -0.15) is 0 Å². The lowest BCUT2D eigenvalue weighted by Gasteiger charge is -2.15. The predicted molar refractivity (Wildman–Crippen MR) is 75.1 cm³/mol. The molecular weight excluding hydrogens is 266 g/mol. The SMILES string of the molecule is CC(=O)Nc1cccc(C(C)NCCS(N)(=O)=O)c1. The van der Waals surface area contributed by atoms with Crippen LogP contribution in [0.2, 0.25) is 0 Å². The first kappa shape index (κ1) is 15.6. The number of carbonyl (C=O) groups excluding carboxylic acids is 1. The van der Waals surface area contributed by atoms with Crippen LogP contribution in [0.15, 0.2) is 24.3 Å². The molecule has 0 heterocycles. The monoisotopic (exact) mass is 285 g/mol. The largest absolute Gasteiger partial charge is 0.326 e. The molecule has 1 aromatic rings. The highest BCUT2D eigenvalue weighted by molar-refractivity contribution is 7.89. The van der Waals surface area contributed by atoms with Gasteiger partial charge in [-0.1, -0.05) is 12.1 Å². The Bertz CT molecular complexity index is 543. The summed E-state index contributed by atoms with van der Waals surface area (Å²) in [6.45, 7) is 3.64. The highest BCUT2D eigenvalue weighted by Gasteiger charge is 2.08. The van der Waals surface area contributed by atoms with Crippen LogP contribution in [0.4, 0.5) is 5.69 Å². The van der Waals surface area contributed by atoms with Crippen LogP contribution in [0.5, 0.6) is 0 Å². The van der Waals surface area contributed by atoms with Crippen LogP contribution in [0.25, 0.3) is 0 Å². The lowest BCUT2D eigenvalue weighted by Crippen LogP contribution is -2.28. The van der Waals surface area contributed by atoms with Gasteiger partial charge in [0.25, 0.3) is 0 Å². The van der Waals surface area contributed by atoms with Gasteiger partial charge in [0.1, 0.15) is 0 Å². The maximum Gasteiger partial charge on any atom is 0.221 e. The summed E-state index contributed by atoms with van der Waals surface area (Å²) in [5.74, 6) is -0.241. The van der Waals surface area contributed by atoms with Gasteiger partial charge in [0.2, 0.25) is 15.9 Å². The van der Waals surface area contributed by atoms with E-state index in [0.717, 1.165) is 5.56 Å². The normalized spacial score (nSPS) is 13.0. The van der Waals surface area contributed by atoms with E-state index in [2.05, 4.69) is 10.6 Å². The molecular formula is C12H19N3O3S. The molecule has 19 heavy (non-hydrogen) atoms. The van der Waals surface area contributed by atoms with Crippen molar-refractivity contribution in [2.75, 3.05) is 17.6 Å². The second-order valence-electron chi connectivity index (χ2n) is 4.35. The fourth-order valence-corrected chi connectivity index (χ4v) is 2.03. The lowest BCUT2D eigenvalue weighted by atomic mass is 10.1. The third-order valence-electron chi connectivity index (χ3n) is 2.54. The Morgan fingerprint density at radius 3 is 2.68 bits per heavy atom. The first-order valence-electron chi connectivity index (χ1n) is 5.89. The van der Waals surface area contributed by atoms with E-state index in [0.29, 0.717) is 5.69 Å². The average Bonchev–Trinajstić information content (AvgIpc) is 2.26. The summed E-state index contributed by atoms with van der Waals surface area (Å²) in [5, 5.41) is 10.7. The van der Waals surface area contributed by atoms with E-state index in [1.54, 1.807) is 6.07 Å². The average molecular weight is 285 g/mol. The molecule has 0 fully saturated rings. The summed E-state index contributed by atoms with van der Waals surface area (Å²) in [5.41, 5.74) is 1.67. The van der Waals surface area contributed by atoms with Gasteiger partial charge in [0.15, 0.2) is 0 Å². The topological polar surface area (TPSA) is 101 Å². The van der Waals surface area contributed by atoms with Gasteiger partial charge >= 0.3 is 0 Å². The van der Waals surface area contributed by atoms with E-state index >= 15 is 0 Å². The minimum atomic E-state index is -3.45. The second-order valence-corrected chi connectivity index (χ2v) is 6.08. The maximum atomic E-state index is 11.0. The summed E-state index contributed by atoms with van der Waals surface area (Å²) in [6.07, 6.45) is 0. The van der Waals surface area contributed by atoms with E-state index in [-0.39, 0.29) is 24.2 Å². The summed E-state index contributed by atoms with van der Waals surface area (Å²) in [4.78, 5) is 11.0. The maximum absolute atomic E-state index is 11.0. The molecule has 1 rings (SSSR count). The standard InChI is InChI=1S/C12H19N3O3S/c1-9(14-6-7-19(13,17)18)11-4-3-5-12(8-11)15-10(2)16/h3-5,8-9,14H,6-7H2,1-2H3,(H,15,16)(H2,13,17,18). The Morgan fingerprint density at radius 1 is 1.42 bits per heavy atom. The zero-order valence-corrected chi connectivity index (χ0v) is 11.8. The molecule has 0 radical (unpaired) electrons. The fraction of sp³-hybridized carbons (Fsp3) is 0.417. The van der Waals surface area contributed by atoms with Crippen LogP contribution < -0.4 is 15.8 Å². The Hall–Kier alpha value is -1.44. The highest BCUT2D eigenvalue weighted by atomic mass is 32.2. The Kier molecular flexibility index (Phi) is 5.46. The van der Waals surface area contributed by atoms with Gasteiger partial charge in [-0.25, -0.2) is 13.6 Å². The highest BCUT2D eigenvalue weighted by Crippen LogP contribution is 2.17. The zero-order valence-electron chi connectivity index (χ0n) is 11.0. The number of benzene rings is 1. The van der Waals surface area contributed by atoms with Gasteiger partial charge < -0.3 is 10.6 Å². The van der Waals surface area contributed by atoms with E-state index in [9.17, 15) is 13.2 Å². The van der Waals surface area contributed by atoms with Crippen molar-refractivity contribution in [2.24, 2.45) is 5.14 Å². The molecule has 1 aromatic carbocycles. The molecule has 0 bridgehead atoms. The van der Waals surface area contributed by atoms with Gasteiger partial charge in [0, 0.05) is 25.2 Å². The van der Waals surface area contributed by atoms with Gasteiger partial charge in [0.05, 0.1) is 5.75 Å². The smallest absolute Gasteiger partial charge is 0.221 e. The van der Waals surface area contributed by atoms with Gasteiger partial charge in [-0.3, -0.25) is 4.79 Å². The molecule has 1 amide bonds. The molecule has 7 heteroatoms. The van der Waals surface area contributed by atoms with Crippen LogP contribution in [-0.4, -0.2) is 26.6 Å². The number of sulfonamides is 1. The molecule has 0 aliphatic carbocycles. The van der Waals surface area contributed by atoms with E-state index in [1.807, 2.05) is 25.1 Å². The number of amides is 1. The van der Waals surface area contributed by atoms with Crippen molar-refractivity contribution >= 4 is 21.6 Å². The number of nitrogens with one attached hydrogen (secondary N) is 2. The van der Waals surface area contributed by atoms with Crippen LogP contribution in [-0.2, 0) is 14.8 Å². The Morgan fingerprint density at radius 2 is 2.11 bits per heavy atom. The number of anilines is 1. The molecule has 6 nitrogen and oxygen atoms in total. The summed E-state index contributed by atoms with van der Waals surface area (Å²) < 4.78 is 21.6. The van der Waals surface area contributed by atoms with E-state index in [1.165, 1.54) is 6.92 Å². The third kappa shape index (κ3) is 6.32. The third-order valence-corrected chi connectivity index (χ3v) is 3.32. The molecule has 0 aromatic heterocycles. The molecule has 0 saturated carbocycles. The second kappa shape index (κ2) is 6.65. The van der Waals surface area contributed by atoms with Crippen LogP contribution in [0.1, 0.15) is 25.5 Å². The number of carbonyl (C=O) groups is 1. The molecule has 0 spiro atoms. The summed E-state index contributed by atoms with van der Waals surface area (Å²) in [7, 11) is -3.45. The first-order chi connectivity index (χ1) is 8.78. The molecule has 106 valence electrons. The number of hydrogen-bond acceptors (Lipinski definition) is 4. The molecule has 1 atom stereocenters. The quantitative estimate of drug-likeness (QED) is 0.711. The summed E-state index contributed by atoms with van der Waals surface area (Å²) in [6, 6.07) is 7.34. The van der Waals surface area contributed by atoms with Gasteiger partial charge in [-0.15, -0.1) is 0 Å². The predicted octanol–water partition coefficient (Wildman–Crippen LogP) is 0.584. The van der Waals surface area contributed by atoms with E-state index < -0.39 is 10.0 Å². The van der Waals surface area contributed by atoms with Crippen molar-refractivity contribution in [3.8, 4) is 0 Å². The molecule has 0 saturated heterocycles. The summed E-state index contributed by atoms with van der Waals surface area (Å²) >= 11 is 0. The lowest BCUT2D eigenvalue weighted by molar-refractivity contribution is -0.114. The molecule has 0 aliphatic rings. The van der Waals surface area contributed by atoms with Crippen LogP contribution in [0, 0.1) is 0 Å². The van der Waals surface area contributed by atoms with Crippen molar-refractivity contribution in [3.05, 3.63) is 29.8 Å². The van der Waals surface area contributed by atoms with Crippen molar-refractivity contribution in [1.82, 2.24) is 5.32 Å². The number of rotatable bonds is 6. The number of primary sulfonamides is 1. The molecule has 4 N–H and O–H groups in total. The van der Waals surface area contributed by atoms with Crippen LogP contribution in [0.3, 0.4) is 0 Å². The minimum Gasteiger partial charge on any atom is -0.326 e. The van der Waals surface area contributed by atoms with E-state index in [4.69, 9.17) is 5.14 Å². The number of hydrogen-bond donors (Lipinski definition) is 3.